The average molecular weight is 224 g/mol. The topological polar surface area (TPSA) is 29.1 Å². The minimum absolute atomic E-state index is 0.0496. The lowest BCUT2D eigenvalue weighted by Gasteiger charge is -2.02. The molecule has 0 atom stereocenters. The van der Waals surface area contributed by atoms with E-state index in [1.807, 2.05) is 31.2 Å². The second-order valence-corrected chi connectivity index (χ2v) is 3.60. The first-order valence-electron chi connectivity index (χ1n) is 4.87. The summed E-state index contributed by atoms with van der Waals surface area (Å²) in [5, 5.41) is 3.52. The lowest BCUT2D eigenvalue weighted by Crippen LogP contribution is -2.23. The summed E-state index contributed by atoms with van der Waals surface area (Å²) in [5.41, 5.74) is 1.17. The summed E-state index contributed by atoms with van der Waals surface area (Å²) in [6, 6.07) is 7.63. The molecule has 1 N–H and O–H groups in total. The number of hydrogen-bond donors (Lipinski definition) is 1. The zero-order chi connectivity index (χ0) is 11.1. The lowest BCUT2D eigenvalue weighted by molar-refractivity contribution is -0.116. The fourth-order valence-corrected chi connectivity index (χ4v) is 1.32. The van der Waals surface area contributed by atoms with Crippen LogP contribution in [-0.2, 0) is 11.2 Å². The van der Waals surface area contributed by atoms with E-state index in [4.69, 9.17) is 11.6 Å². The number of nitrogens with one attached hydrogen (secondary N) is 1. The summed E-state index contributed by atoms with van der Waals surface area (Å²) < 4.78 is 0. The highest BCUT2D eigenvalue weighted by Gasteiger charge is 1.95. The minimum atomic E-state index is -0.0496. The Morgan fingerprint density at radius 3 is 2.67 bits per heavy atom. The maximum Gasteiger partial charge on any atom is 0.243 e. The number of benzene rings is 1. The molecule has 0 saturated carbocycles. The standard InChI is InChI=1S/C12H14ClNO/c1-2-3-12(15)14-9-8-10-4-6-11(13)7-5-10/h2-7H,8-9H2,1H3,(H,14,15)/b3-2+. The second-order valence-electron chi connectivity index (χ2n) is 3.17. The van der Waals surface area contributed by atoms with Crippen molar-refractivity contribution in [3.8, 4) is 0 Å². The van der Waals surface area contributed by atoms with Crippen molar-refractivity contribution in [1.82, 2.24) is 5.32 Å². The zero-order valence-electron chi connectivity index (χ0n) is 8.66. The SMILES string of the molecule is C/C=C/C(=O)NCCc1ccc(Cl)cc1. The Labute approximate surface area is 94.9 Å². The molecule has 0 bridgehead atoms. The number of allylic oxidation sites excluding steroid dienone is 1. The monoisotopic (exact) mass is 223 g/mol. The van der Waals surface area contributed by atoms with Gasteiger partial charge in [0.15, 0.2) is 0 Å². The lowest BCUT2D eigenvalue weighted by atomic mass is 10.1. The third-order valence-electron chi connectivity index (χ3n) is 1.94. The third kappa shape index (κ3) is 4.66. The van der Waals surface area contributed by atoms with E-state index >= 15 is 0 Å². The van der Waals surface area contributed by atoms with Crippen molar-refractivity contribution in [1.29, 1.82) is 0 Å². The van der Waals surface area contributed by atoms with Gasteiger partial charge in [0.25, 0.3) is 0 Å². The predicted molar refractivity (Wildman–Crippen MR) is 63.0 cm³/mol. The molecule has 0 fully saturated rings. The molecule has 0 aliphatic heterocycles. The van der Waals surface area contributed by atoms with Gasteiger partial charge in [-0.3, -0.25) is 4.79 Å². The van der Waals surface area contributed by atoms with Crippen LogP contribution in [0.3, 0.4) is 0 Å². The van der Waals surface area contributed by atoms with Crippen molar-refractivity contribution in [2.45, 2.75) is 13.3 Å². The van der Waals surface area contributed by atoms with Gasteiger partial charge in [-0.2, -0.15) is 0 Å². The predicted octanol–water partition coefficient (Wildman–Crippen LogP) is 2.57. The molecule has 0 spiro atoms. The molecular weight excluding hydrogens is 210 g/mol. The molecule has 0 heterocycles. The first-order valence-corrected chi connectivity index (χ1v) is 5.25. The van der Waals surface area contributed by atoms with Crippen molar-refractivity contribution >= 4 is 17.5 Å². The minimum Gasteiger partial charge on any atom is -0.352 e. The van der Waals surface area contributed by atoms with Crippen LogP contribution in [0.5, 0.6) is 0 Å². The molecule has 1 aromatic rings. The van der Waals surface area contributed by atoms with E-state index in [2.05, 4.69) is 5.32 Å². The van der Waals surface area contributed by atoms with Crippen LogP contribution in [0.4, 0.5) is 0 Å². The maximum atomic E-state index is 11.1. The summed E-state index contributed by atoms with van der Waals surface area (Å²) in [7, 11) is 0. The van der Waals surface area contributed by atoms with Gasteiger partial charge >= 0.3 is 0 Å². The van der Waals surface area contributed by atoms with Gasteiger partial charge in [0.2, 0.25) is 5.91 Å². The number of carbonyl (C=O) groups excluding carboxylic acids is 1. The van der Waals surface area contributed by atoms with Gasteiger partial charge in [0, 0.05) is 11.6 Å². The number of hydrogen-bond acceptors (Lipinski definition) is 1. The molecule has 0 saturated heterocycles. The fourth-order valence-electron chi connectivity index (χ4n) is 1.19. The molecule has 3 heteroatoms. The van der Waals surface area contributed by atoms with E-state index in [9.17, 15) is 4.79 Å². The van der Waals surface area contributed by atoms with Gasteiger partial charge in [0.05, 0.1) is 0 Å². The van der Waals surface area contributed by atoms with Crippen molar-refractivity contribution < 1.29 is 4.79 Å². The average Bonchev–Trinajstić information content (AvgIpc) is 2.21. The Morgan fingerprint density at radius 1 is 1.40 bits per heavy atom. The fraction of sp³-hybridized carbons (Fsp3) is 0.250. The van der Waals surface area contributed by atoms with Gasteiger partial charge < -0.3 is 5.32 Å². The van der Waals surface area contributed by atoms with Crippen LogP contribution in [-0.4, -0.2) is 12.5 Å². The Hall–Kier alpha value is -1.28. The Kier molecular flexibility index (Phi) is 4.91. The van der Waals surface area contributed by atoms with E-state index in [-0.39, 0.29) is 5.91 Å². The van der Waals surface area contributed by atoms with Gasteiger partial charge in [0.1, 0.15) is 0 Å². The van der Waals surface area contributed by atoms with E-state index < -0.39 is 0 Å². The van der Waals surface area contributed by atoms with Crippen LogP contribution in [0.1, 0.15) is 12.5 Å². The molecule has 80 valence electrons. The highest BCUT2D eigenvalue weighted by molar-refractivity contribution is 6.30. The van der Waals surface area contributed by atoms with Gasteiger partial charge in [-0.1, -0.05) is 29.8 Å². The summed E-state index contributed by atoms with van der Waals surface area (Å²) >= 11 is 5.76. The van der Waals surface area contributed by atoms with Crippen LogP contribution in [0.25, 0.3) is 0 Å². The maximum absolute atomic E-state index is 11.1. The molecule has 0 aliphatic rings. The Bertz CT molecular complexity index is 343. The molecule has 1 rings (SSSR count). The molecule has 1 aromatic carbocycles. The molecule has 2 nitrogen and oxygen atoms in total. The third-order valence-corrected chi connectivity index (χ3v) is 2.20. The highest BCUT2D eigenvalue weighted by atomic mass is 35.5. The molecule has 0 radical (unpaired) electrons. The molecule has 0 aromatic heterocycles. The van der Waals surface area contributed by atoms with Crippen LogP contribution in [0.2, 0.25) is 5.02 Å². The van der Waals surface area contributed by atoms with Crippen LogP contribution < -0.4 is 5.32 Å². The van der Waals surface area contributed by atoms with Gasteiger partial charge in [-0.15, -0.1) is 0 Å². The van der Waals surface area contributed by atoms with Crippen molar-refractivity contribution in [2.75, 3.05) is 6.54 Å². The van der Waals surface area contributed by atoms with Crippen molar-refractivity contribution in [3.05, 3.63) is 47.0 Å². The molecule has 0 unspecified atom stereocenters. The van der Waals surface area contributed by atoms with E-state index in [0.29, 0.717) is 6.54 Å². The van der Waals surface area contributed by atoms with Crippen LogP contribution in [0, 0.1) is 0 Å². The summed E-state index contributed by atoms with van der Waals surface area (Å²) in [6.07, 6.45) is 4.06. The summed E-state index contributed by atoms with van der Waals surface area (Å²) in [5.74, 6) is -0.0496. The number of halogens is 1. The van der Waals surface area contributed by atoms with E-state index in [1.165, 1.54) is 11.6 Å². The molecule has 15 heavy (non-hydrogen) atoms. The largest absolute Gasteiger partial charge is 0.352 e. The summed E-state index contributed by atoms with van der Waals surface area (Å²) in [4.78, 5) is 11.1. The normalized spacial score (nSPS) is 10.5. The molecular formula is C12H14ClNO. The van der Waals surface area contributed by atoms with Crippen molar-refractivity contribution in [3.63, 3.8) is 0 Å². The number of rotatable bonds is 4. The number of amides is 1. The Morgan fingerprint density at radius 2 is 2.07 bits per heavy atom. The highest BCUT2D eigenvalue weighted by Crippen LogP contribution is 2.09. The molecule has 1 amide bonds. The Balaban J connectivity index is 2.32. The van der Waals surface area contributed by atoms with Gasteiger partial charge in [-0.25, -0.2) is 0 Å². The van der Waals surface area contributed by atoms with Crippen LogP contribution in [0.15, 0.2) is 36.4 Å². The summed E-state index contributed by atoms with van der Waals surface area (Å²) in [6.45, 7) is 2.46. The van der Waals surface area contributed by atoms with E-state index in [0.717, 1.165) is 11.4 Å². The smallest absolute Gasteiger partial charge is 0.243 e. The first-order chi connectivity index (χ1) is 7.22. The van der Waals surface area contributed by atoms with Crippen LogP contribution >= 0.6 is 11.6 Å². The number of carbonyl (C=O) groups is 1. The zero-order valence-corrected chi connectivity index (χ0v) is 9.42. The second kappa shape index (κ2) is 6.25. The first kappa shape index (κ1) is 11.8. The van der Waals surface area contributed by atoms with E-state index in [1.54, 1.807) is 6.08 Å². The van der Waals surface area contributed by atoms with Crippen molar-refractivity contribution in [2.24, 2.45) is 0 Å². The molecule has 0 aliphatic carbocycles. The van der Waals surface area contributed by atoms with Gasteiger partial charge in [-0.05, 0) is 37.1 Å². The quantitative estimate of drug-likeness (QED) is 0.782.